The van der Waals surface area contributed by atoms with Gasteiger partial charge in [-0.15, -0.1) is 0 Å². The number of nitrogens with one attached hydrogen (secondary N) is 1. The van der Waals surface area contributed by atoms with E-state index in [1.807, 2.05) is 0 Å². The maximum Gasteiger partial charge on any atom is 0.402 e. The van der Waals surface area contributed by atoms with Crippen LogP contribution in [0, 0.1) is 0 Å². The molecule has 1 N–H and O–H groups in total. The number of nitrogens with zero attached hydrogens (tertiary/aromatic N) is 1. The third kappa shape index (κ3) is 5.01. The normalized spacial score (nSPS) is 12.9. The Kier molecular flexibility index (Phi) is 5.83. The number of rotatable bonds is 6. The minimum absolute atomic E-state index is 0.269. The molecule has 1 aromatic heterocycles. The molecule has 0 aliphatic carbocycles. The first-order valence-electron chi connectivity index (χ1n) is 6.03. The average molecular weight is 347 g/mol. The fraction of sp³-hybridized carbons (Fsp3) is 0.545. The Hall–Kier alpha value is -1.06. The summed E-state index contributed by atoms with van der Waals surface area (Å²) in [4.78, 5) is 12.7. The number of sulfonamides is 1. The number of halogens is 4. The number of unbranched alkanes of at least 4 members (excludes halogenated alkanes) is 1. The van der Waals surface area contributed by atoms with Crippen molar-refractivity contribution < 1.29 is 21.6 Å². The zero-order chi connectivity index (χ0) is 16.3. The highest BCUT2D eigenvalue weighted by Crippen LogP contribution is 2.23. The highest BCUT2D eigenvalue weighted by Gasteiger charge is 2.36. The van der Waals surface area contributed by atoms with E-state index >= 15 is 0 Å². The van der Waals surface area contributed by atoms with E-state index in [4.69, 9.17) is 11.6 Å². The summed E-state index contributed by atoms with van der Waals surface area (Å²) in [6, 6.07) is 0.838. The van der Waals surface area contributed by atoms with Crippen LogP contribution in [0.4, 0.5) is 13.2 Å². The zero-order valence-electron chi connectivity index (χ0n) is 11.1. The lowest BCUT2D eigenvalue weighted by Gasteiger charge is -2.23. The standard InChI is InChI=1S/C11H14ClF3N2O3S/c1-2-3-4-17(7-11(13,14)15)21(19,20)8-5-9(12)10(18)16-6-8/h5-6H,2-4,7H2,1H3,(H,16,18). The van der Waals surface area contributed by atoms with Gasteiger partial charge in [0.15, 0.2) is 0 Å². The molecule has 0 saturated heterocycles. The topological polar surface area (TPSA) is 70.2 Å². The molecule has 1 heterocycles. The molecule has 0 unspecified atom stereocenters. The van der Waals surface area contributed by atoms with E-state index in [0.717, 1.165) is 12.3 Å². The fourth-order valence-corrected chi connectivity index (χ4v) is 3.25. The first-order chi connectivity index (χ1) is 9.58. The Balaban J connectivity index is 3.19. The monoisotopic (exact) mass is 346 g/mol. The molecular weight excluding hydrogens is 333 g/mol. The van der Waals surface area contributed by atoms with Gasteiger partial charge in [0.05, 0.1) is 4.90 Å². The predicted octanol–water partition coefficient (Wildman–Crippen LogP) is 2.38. The van der Waals surface area contributed by atoms with Crippen molar-refractivity contribution in [2.24, 2.45) is 0 Å². The molecule has 0 atom stereocenters. The van der Waals surface area contributed by atoms with Crippen LogP contribution in [0.2, 0.25) is 5.02 Å². The third-order valence-electron chi connectivity index (χ3n) is 2.59. The van der Waals surface area contributed by atoms with E-state index < -0.39 is 38.2 Å². The summed E-state index contributed by atoms with van der Waals surface area (Å²) in [6.45, 7) is -0.129. The number of alkyl halides is 3. The average Bonchev–Trinajstić information content (AvgIpc) is 2.36. The number of pyridine rings is 1. The Morgan fingerprint density at radius 2 is 2.00 bits per heavy atom. The second-order valence-corrected chi connectivity index (χ2v) is 6.66. The molecule has 0 aliphatic heterocycles. The highest BCUT2D eigenvalue weighted by molar-refractivity contribution is 7.89. The van der Waals surface area contributed by atoms with Gasteiger partial charge in [-0.05, 0) is 12.5 Å². The summed E-state index contributed by atoms with van der Waals surface area (Å²) >= 11 is 5.51. The smallest absolute Gasteiger partial charge is 0.326 e. The predicted molar refractivity (Wildman–Crippen MR) is 71.8 cm³/mol. The molecule has 10 heteroatoms. The maximum absolute atomic E-state index is 12.5. The van der Waals surface area contributed by atoms with E-state index in [2.05, 4.69) is 4.98 Å². The molecule has 1 aromatic rings. The van der Waals surface area contributed by atoms with Crippen molar-refractivity contribution in [2.75, 3.05) is 13.1 Å². The number of aromatic nitrogens is 1. The minimum Gasteiger partial charge on any atom is -0.326 e. The second kappa shape index (κ2) is 6.80. The molecule has 0 fully saturated rings. The van der Waals surface area contributed by atoms with Crippen LogP contribution in [0.25, 0.3) is 0 Å². The molecule has 0 amide bonds. The van der Waals surface area contributed by atoms with Gasteiger partial charge in [-0.25, -0.2) is 8.42 Å². The van der Waals surface area contributed by atoms with Gasteiger partial charge < -0.3 is 4.98 Å². The van der Waals surface area contributed by atoms with Crippen molar-refractivity contribution >= 4 is 21.6 Å². The Labute approximate surface area is 124 Å². The second-order valence-electron chi connectivity index (χ2n) is 4.32. The lowest BCUT2D eigenvalue weighted by Crippen LogP contribution is -2.39. The minimum atomic E-state index is -4.66. The van der Waals surface area contributed by atoms with Crippen LogP contribution in [0.15, 0.2) is 22.0 Å². The van der Waals surface area contributed by atoms with Crippen molar-refractivity contribution in [2.45, 2.75) is 30.8 Å². The van der Waals surface area contributed by atoms with E-state index in [1.54, 1.807) is 6.92 Å². The van der Waals surface area contributed by atoms with Crippen molar-refractivity contribution in [3.63, 3.8) is 0 Å². The van der Waals surface area contributed by atoms with Crippen molar-refractivity contribution in [1.82, 2.24) is 9.29 Å². The Morgan fingerprint density at radius 3 is 2.48 bits per heavy atom. The maximum atomic E-state index is 12.5. The van der Waals surface area contributed by atoms with Gasteiger partial charge in [-0.2, -0.15) is 17.5 Å². The number of hydrogen-bond donors (Lipinski definition) is 1. The van der Waals surface area contributed by atoms with Crippen LogP contribution >= 0.6 is 11.6 Å². The van der Waals surface area contributed by atoms with Crippen molar-refractivity contribution in [3.8, 4) is 0 Å². The summed E-state index contributed by atoms with van der Waals surface area (Å²) in [5.41, 5.74) is -0.716. The molecule has 21 heavy (non-hydrogen) atoms. The first kappa shape index (κ1) is 18.0. The van der Waals surface area contributed by atoms with E-state index in [-0.39, 0.29) is 13.0 Å². The zero-order valence-corrected chi connectivity index (χ0v) is 12.6. The van der Waals surface area contributed by atoms with Crippen LogP contribution in [-0.2, 0) is 10.0 Å². The molecule has 0 bridgehead atoms. The molecular formula is C11H14ClF3N2O3S. The molecule has 0 radical (unpaired) electrons. The van der Waals surface area contributed by atoms with Gasteiger partial charge >= 0.3 is 6.18 Å². The van der Waals surface area contributed by atoms with Gasteiger partial charge in [-0.3, -0.25) is 4.79 Å². The van der Waals surface area contributed by atoms with Gasteiger partial charge in [0, 0.05) is 12.7 Å². The molecule has 5 nitrogen and oxygen atoms in total. The van der Waals surface area contributed by atoms with Gasteiger partial charge in [0.1, 0.15) is 11.6 Å². The molecule has 0 aliphatic rings. The lowest BCUT2D eigenvalue weighted by atomic mass is 10.3. The van der Waals surface area contributed by atoms with Crippen molar-refractivity contribution in [3.05, 3.63) is 27.6 Å². The summed E-state index contributed by atoms with van der Waals surface area (Å²) < 4.78 is 62.4. The molecule has 120 valence electrons. The molecule has 1 rings (SSSR count). The van der Waals surface area contributed by atoms with Crippen LogP contribution in [-0.4, -0.2) is 37.0 Å². The number of aromatic amines is 1. The van der Waals surface area contributed by atoms with Gasteiger partial charge in [0.25, 0.3) is 5.56 Å². The quantitative estimate of drug-likeness (QED) is 0.859. The number of hydrogen-bond acceptors (Lipinski definition) is 3. The van der Waals surface area contributed by atoms with Gasteiger partial charge in [-0.1, -0.05) is 24.9 Å². The van der Waals surface area contributed by atoms with Gasteiger partial charge in [0.2, 0.25) is 10.0 Å². The SMILES string of the molecule is CCCCN(CC(F)(F)F)S(=O)(=O)c1c[nH]c(=O)c(Cl)c1. The van der Waals surface area contributed by atoms with Crippen LogP contribution < -0.4 is 5.56 Å². The van der Waals surface area contributed by atoms with E-state index in [9.17, 15) is 26.4 Å². The summed E-state index contributed by atoms with van der Waals surface area (Å²) in [5, 5.41) is -0.404. The highest BCUT2D eigenvalue weighted by atomic mass is 35.5. The van der Waals surface area contributed by atoms with Crippen LogP contribution in [0.3, 0.4) is 0 Å². The van der Waals surface area contributed by atoms with E-state index in [1.165, 1.54) is 0 Å². The Morgan fingerprint density at radius 1 is 1.38 bits per heavy atom. The molecule has 0 aromatic carbocycles. The first-order valence-corrected chi connectivity index (χ1v) is 7.85. The summed E-state index contributed by atoms with van der Waals surface area (Å²) in [6.07, 6.45) is -3.01. The van der Waals surface area contributed by atoms with Crippen LogP contribution in [0.5, 0.6) is 0 Å². The number of H-pyrrole nitrogens is 1. The lowest BCUT2D eigenvalue weighted by molar-refractivity contribution is -0.136. The van der Waals surface area contributed by atoms with Crippen molar-refractivity contribution in [1.29, 1.82) is 0 Å². The Bertz CT molecular complexity index is 643. The third-order valence-corrected chi connectivity index (χ3v) is 4.69. The fourth-order valence-electron chi connectivity index (χ4n) is 1.55. The van der Waals surface area contributed by atoms with E-state index in [0.29, 0.717) is 10.7 Å². The summed E-state index contributed by atoms with van der Waals surface area (Å²) in [5.74, 6) is 0. The largest absolute Gasteiger partial charge is 0.402 e. The summed E-state index contributed by atoms with van der Waals surface area (Å²) in [7, 11) is -4.39. The van der Waals surface area contributed by atoms with Crippen LogP contribution in [0.1, 0.15) is 19.8 Å². The molecule has 0 saturated carbocycles. The molecule has 0 spiro atoms.